The third kappa shape index (κ3) is 2.97. The Morgan fingerprint density at radius 3 is 3.06 bits per heavy atom. The molecule has 1 aliphatic heterocycles. The van der Waals surface area contributed by atoms with Crippen LogP contribution in [-0.2, 0) is 6.54 Å². The Morgan fingerprint density at radius 1 is 1.41 bits per heavy atom. The summed E-state index contributed by atoms with van der Waals surface area (Å²) in [6.07, 6.45) is 0.990. The highest BCUT2D eigenvalue weighted by Crippen LogP contribution is 2.22. The van der Waals surface area contributed by atoms with Gasteiger partial charge in [-0.05, 0) is 31.1 Å². The normalized spacial score (nSPS) is 14.4. The van der Waals surface area contributed by atoms with Crippen LogP contribution in [0, 0.1) is 0 Å². The first-order valence-corrected chi connectivity index (χ1v) is 6.16. The zero-order chi connectivity index (χ0) is 12.1. The van der Waals surface area contributed by atoms with Crippen molar-refractivity contribution in [3.8, 4) is 0 Å². The fraction of sp³-hybridized carbons (Fsp3) is 0.462. The van der Waals surface area contributed by atoms with E-state index in [-0.39, 0.29) is 6.03 Å². The first kappa shape index (κ1) is 11.9. The van der Waals surface area contributed by atoms with Crippen molar-refractivity contribution in [1.29, 1.82) is 0 Å². The van der Waals surface area contributed by atoms with E-state index in [2.05, 4.69) is 23.6 Å². The second kappa shape index (κ2) is 5.68. The summed E-state index contributed by atoms with van der Waals surface area (Å²) < 4.78 is 0. The SMILES string of the molecule is CCNCCCN1Cc2ccccc2NC1=O. The van der Waals surface area contributed by atoms with Crippen molar-refractivity contribution in [2.45, 2.75) is 19.9 Å². The lowest BCUT2D eigenvalue weighted by Gasteiger charge is -2.29. The van der Waals surface area contributed by atoms with Gasteiger partial charge in [0.05, 0.1) is 0 Å². The van der Waals surface area contributed by atoms with Crippen LogP contribution in [0.5, 0.6) is 0 Å². The smallest absolute Gasteiger partial charge is 0.320 e. The summed E-state index contributed by atoms with van der Waals surface area (Å²) in [5, 5.41) is 6.18. The molecule has 92 valence electrons. The van der Waals surface area contributed by atoms with Crippen LogP contribution in [0.25, 0.3) is 0 Å². The van der Waals surface area contributed by atoms with Gasteiger partial charge in [-0.25, -0.2) is 4.79 Å². The topological polar surface area (TPSA) is 44.4 Å². The minimum absolute atomic E-state index is 0.0141. The van der Waals surface area contributed by atoms with Gasteiger partial charge in [-0.3, -0.25) is 0 Å². The lowest BCUT2D eigenvalue weighted by Crippen LogP contribution is -2.39. The van der Waals surface area contributed by atoms with E-state index in [1.54, 1.807) is 0 Å². The molecular weight excluding hydrogens is 214 g/mol. The van der Waals surface area contributed by atoms with Gasteiger partial charge in [0.25, 0.3) is 0 Å². The second-order valence-corrected chi connectivity index (χ2v) is 4.22. The molecule has 0 saturated heterocycles. The molecule has 2 amide bonds. The molecule has 17 heavy (non-hydrogen) atoms. The molecular formula is C13H19N3O. The van der Waals surface area contributed by atoms with E-state index in [0.29, 0.717) is 6.54 Å². The van der Waals surface area contributed by atoms with Gasteiger partial charge in [0.2, 0.25) is 0 Å². The largest absolute Gasteiger partial charge is 0.322 e. The lowest BCUT2D eigenvalue weighted by molar-refractivity contribution is 0.206. The third-order valence-electron chi connectivity index (χ3n) is 2.94. The van der Waals surface area contributed by atoms with Crippen LogP contribution in [0.3, 0.4) is 0 Å². The Kier molecular flexibility index (Phi) is 3.98. The maximum absolute atomic E-state index is 11.8. The Bertz CT molecular complexity index is 392. The van der Waals surface area contributed by atoms with Crippen molar-refractivity contribution >= 4 is 11.7 Å². The maximum Gasteiger partial charge on any atom is 0.322 e. The van der Waals surface area contributed by atoms with E-state index in [1.807, 2.05) is 23.1 Å². The Balaban J connectivity index is 1.91. The molecule has 0 fully saturated rings. The van der Waals surface area contributed by atoms with E-state index >= 15 is 0 Å². The molecule has 0 spiro atoms. The van der Waals surface area contributed by atoms with Gasteiger partial charge >= 0.3 is 6.03 Å². The summed E-state index contributed by atoms with van der Waals surface area (Å²) in [5.41, 5.74) is 2.14. The molecule has 0 unspecified atom stereocenters. The van der Waals surface area contributed by atoms with E-state index in [1.165, 1.54) is 5.56 Å². The van der Waals surface area contributed by atoms with Crippen LogP contribution in [0.15, 0.2) is 24.3 Å². The molecule has 0 saturated carbocycles. The predicted molar refractivity (Wildman–Crippen MR) is 69.0 cm³/mol. The molecule has 1 heterocycles. The fourth-order valence-corrected chi connectivity index (χ4v) is 2.00. The van der Waals surface area contributed by atoms with Crippen LogP contribution >= 0.6 is 0 Å². The van der Waals surface area contributed by atoms with Crippen LogP contribution in [0.4, 0.5) is 10.5 Å². The molecule has 4 heteroatoms. The van der Waals surface area contributed by atoms with Crippen molar-refractivity contribution < 1.29 is 4.79 Å². The molecule has 2 rings (SSSR count). The average molecular weight is 233 g/mol. The number of benzene rings is 1. The first-order chi connectivity index (χ1) is 8.31. The summed E-state index contributed by atoms with van der Waals surface area (Å²) in [6, 6.07) is 7.97. The molecule has 0 radical (unpaired) electrons. The molecule has 0 aliphatic carbocycles. The number of rotatable bonds is 5. The minimum atomic E-state index is 0.0141. The summed E-state index contributed by atoms with van der Waals surface area (Å²) >= 11 is 0. The van der Waals surface area contributed by atoms with Gasteiger partial charge in [-0.1, -0.05) is 25.1 Å². The number of urea groups is 1. The zero-order valence-corrected chi connectivity index (χ0v) is 10.2. The highest BCUT2D eigenvalue weighted by Gasteiger charge is 2.21. The van der Waals surface area contributed by atoms with E-state index in [4.69, 9.17) is 0 Å². The van der Waals surface area contributed by atoms with Crippen LogP contribution in [0.2, 0.25) is 0 Å². The van der Waals surface area contributed by atoms with Crippen molar-refractivity contribution in [1.82, 2.24) is 10.2 Å². The number of anilines is 1. The number of fused-ring (bicyclic) bond motifs is 1. The monoisotopic (exact) mass is 233 g/mol. The first-order valence-electron chi connectivity index (χ1n) is 6.16. The number of amides is 2. The zero-order valence-electron chi connectivity index (χ0n) is 10.2. The number of nitrogens with zero attached hydrogens (tertiary/aromatic N) is 1. The van der Waals surface area contributed by atoms with Crippen LogP contribution < -0.4 is 10.6 Å². The lowest BCUT2D eigenvalue weighted by atomic mass is 10.1. The van der Waals surface area contributed by atoms with Crippen molar-refractivity contribution in [2.24, 2.45) is 0 Å². The van der Waals surface area contributed by atoms with Crippen LogP contribution in [0.1, 0.15) is 18.9 Å². The molecule has 1 aromatic rings. The van der Waals surface area contributed by atoms with E-state index in [9.17, 15) is 4.79 Å². The third-order valence-corrected chi connectivity index (χ3v) is 2.94. The summed E-state index contributed by atoms with van der Waals surface area (Å²) in [4.78, 5) is 13.7. The molecule has 1 aromatic carbocycles. The highest BCUT2D eigenvalue weighted by atomic mass is 16.2. The Hall–Kier alpha value is -1.55. The standard InChI is InChI=1S/C13H19N3O/c1-2-14-8-5-9-16-10-11-6-3-4-7-12(11)15-13(16)17/h3-4,6-7,14H,2,5,8-10H2,1H3,(H,15,17). The van der Waals surface area contributed by atoms with Gasteiger partial charge in [0.1, 0.15) is 0 Å². The van der Waals surface area contributed by atoms with Gasteiger partial charge < -0.3 is 15.5 Å². The fourth-order valence-electron chi connectivity index (χ4n) is 2.00. The Labute approximate surface area is 102 Å². The van der Waals surface area contributed by atoms with Crippen LogP contribution in [-0.4, -0.2) is 30.6 Å². The molecule has 0 aromatic heterocycles. The summed E-state index contributed by atoms with van der Waals surface area (Å²) in [6.45, 7) is 5.54. The van der Waals surface area contributed by atoms with Gasteiger partial charge in [-0.2, -0.15) is 0 Å². The average Bonchev–Trinajstić information content (AvgIpc) is 2.35. The number of carbonyl (C=O) groups excluding carboxylic acids is 1. The van der Waals surface area contributed by atoms with Gasteiger partial charge in [0.15, 0.2) is 0 Å². The summed E-state index contributed by atoms with van der Waals surface area (Å²) in [7, 11) is 0. The van der Waals surface area contributed by atoms with E-state index < -0.39 is 0 Å². The quantitative estimate of drug-likeness (QED) is 0.764. The molecule has 4 nitrogen and oxygen atoms in total. The molecule has 2 N–H and O–H groups in total. The number of hydrogen-bond donors (Lipinski definition) is 2. The Morgan fingerprint density at radius 2 is 2.24 bits per heavy atom. The summed E-state index contributed by atoms with van der Waals surface area (Å²) in [5.74, 6) is 0. The molecule has 1 aliphatic rings. The number of hydrogen-bond acceptors (Lipinski definition) is 2. The van der Waals surface area contributed by atoms with Gasteiger partial charge in [-0.15, -0.1) is 0 Å². The van der Waals surface area contributed by atoms with Gasteiger partial charge in [0, 0.05) is 18.8 Å². The number of nitrogens with one attached hydrogen (secondary N) is 2. The number of carbonyl (C=O) groups is 1. The highest BCUT2D eigenvalue weighted by molar-refractivity contribution is 5.92. The van der Waals surface area contributed by atoms with Crippen molar-refractivity contribution in [3.05, 3.63) is 29.8 Å². The molecule has 0 atom stereocenters. The molecule has 0 bridgehead atoms. The maximum atomic E-state index is 11.8. The second-order valence-electron chi connectivity index (χ2n) is 4.22. The van der Waals surface area contributed by atoms with E-state index in [0.717, 1.165) is 31.7 Å². The van der Waals surface area contributed by atoms with Crippen molar-refractivity contribution in [2.75, 3.05) is 25.0 Å². The van der Waals surface area contributed by atoms with Crippen molar-refractivity contribution in [3.63, 3.8) is 0 Å². The minimum Gasteiger partial charge on any atom is -0.320 e. The predicted octanol–water partition coefficient (Wildman–Crippen LogP) is 2.03. The number of para-hydroxylation sites is 1.